The van der Waals surface area contributed by atoms with Crippen LogP contribution in [-0.4, -0.2) is 50.0 Å². The molecular formula is C31H39ClF3N3O4. The fraction of sp³-hybridized carbons (Fsp3) is 0.613. The van der Waals surface area contributed by atoms with Crippen LogP contribution in [0.3, 0.4) is 0 Å². The molecule has 7 nitrogen and oxygen atoms in total. The molecule has 4 rings (SSSR count). The Hall–Kier alpha value is -2.88. The zero-order valence-corrected chi connectivity index (χ0v) is 25.5. The first-order chi connectivity index (χ1) is 19.4. The summed E-state index contributed by atoms with van der Waals surface area (Å²) in [6.07, 6.45) is -0.479. The fourth-order valence-electron chi connectivity index (χ4n) is 6.58. The number of amides is 1. The summed E-state index contributed by atoms with van der Waals surface area (Å²) in [6.45, 7) is 8.95. The maximum atomic E-state index is 14.6. The van der Waals surface area contributed by atoms with E-state index in [1.54, 1.807) is 32.9 Å². The standard InChI is InChI=1S/C31H39ClF3N3O4/c1-18-14-20(32)15-19(2)25(18)24(39)17-37(21-6-10-29(3,4)11-7-21)27(40)23-16-36-38(26(23)31(33,34)35)22-8-12-30(5,13-9-22)28(41)42/h14-16,21-22H,6-13,17H2,1-5H3,(H,41,42)/t22-,30-. The first-order valence-electron chi connectivity index (χ1n) is 14.4. The highest BCUT2D eigenvalue weighted by Gasteiger charge is 2.46. The van der Waals surface area contributed by atoms with Gasteiger partial charge in [-0.2, -0.15) is 18.3 Å². The van der Waals surface area contributed by atoms with Gasteiger partial charge in [-0.25, -0.2) is 0 Å². The second-order valence-corrected chi connectivity index (χ2v) is 13.5. The van der Waals surface area contributed by atoms with Gasteiger partial charge in [-0.05, 0) is 101 Å². The summed E-state index contributed by atoms with van der Waals surface area (Å²) in [5.74, 6) is -2.21. The summed E-state index contributed by atoms with van der Waals surface area (Å²) < 4.78 is 44.7. The number of rotatable bonds is 7. The minimum absolute atomic E-state index is 0.0338. The van der Waals surface area contributed by atoms with Gasteiger partial charge >= 0.3 is 12.1 Å². The van der Waals surface area contributed by atoms with E-state index in [2.05, 4.69) is 18.9 Å². The predicted octanol–water partition coefficient (Wildman–Crippen LogP) is 7.67. The van der Waals surface area contributed by atoms with Crippen molar-refractivity contribution in [2.45, 2.75) is 104 Å². The van der Waals surface area contributed by atoms with Gasteiger partial charge < -0.3 is 10.0 Å². The van der Waals surface area contributed by atoms with Crippen LogP contribution in [0.4, 0.5) is 13.2 Å². The highest BCUT2D eigenvalue weighted by molar-refractivity contribution is 6.31. The molecule has 1 aromatic heterocycles. The lowest BCUT2D eigenvalue weighted by atomic mass is 9.74. The Morgan fingerprint density at radius 3 is 2.07 bits per heavy atom. The monoisotopic (exact) mass is 609 g/mol. The average Bonchev–Trinajstić information content (AvgIpc) is 3.33. The number of nitrogens with zero attached hydrogens (tertiary/aromatic N) is 3. The zero-order chi connectivity index (χ0) is 31.2. The van der Waals surface area contributed by atoms with E-state index in [1.165, 1.54) is 4.90 Å². The number of aryl methyl sites for hydroxylation is 2. The molecule has 0 bridgehead atoms. The van der Waals surface area contributed by atoms with E-state index < -0.39 is 46.8 Å². The molecule has 0 atom stereocenters. The van der Waals surface area contributed by atoms with Crippen LogP contribution in [0.25, 0.3) is 0 Å². The molecule has 0 spiro atoms. The Bertz CT molecular complexity index is 1340. The Morgan fingerprint density at radius 2 is 1.57 bits per heavy atom. The molecule has 2 aliphatic rings. The van der Waals surface area contributed by atoms with E-state index in [-0.39, 0.29) is 43.4 Å². The summed E-state index contributed by atoms with van der Waals surface area (Å²) in [6, 6.07) is 2.21. The summed E-state index contributed by atoms with van der Waals surface area (Å²) in [7, 11) is 0. The highest BCUT2D eigenvalue weighted by atomic mass is 35.5. The molecule has 1 N–H and O–H groups in total. The van der Waals surface area contributed by atoms with Crippen LogP contribution in [0.1, 0.15) is 116 Å². The number of benzene rings is 1. The lowest BCUT2D eigenvalue weighted by molar-refractivity contribution is -0.152. The number of hydrogen-bond donors (Lipinski definition) is 1. The summed E-state index contributed by atoms with van der Waals surface area (Å²) in [5, 5.41) is 14.1. The SMILES string of the molecule is Cc1cc(Cl)cc(C)c1C(=O)CN(C(=O)c1cnn([C@H]2CC[C@](C)(C(=O)O)CC2)c1C(F)(F)F)C1CCC(C)(C)CC1. The third kappa shape index (κ3) is 6.53. The van der Waals surface area contributed by atoms with E-state index in [1.807, 2.05) is 0 Å². The molecule has 42 heavy (non-hydrogen) atoms. The maximum Gasteiger partial charge on any atom is 0.433 e. The Morgan fingerprint density at radius 1 is 1.02 bits per heavy atom. The normalized spacial score (nSPS) is 23.0. The molecule has 2 aromatic rings. The van der Waals surface area contributed by atoms with Crippen LogP contribution >= 0.6 is 11.6 Å². The minimum Gasteiger partial charge on any atom is -0.481 e. The number of aromatic nitrogens is 2. The van der Waals surface area contributed by atoms with Crippen molar-refractivity contribution in [2.75, 3.05) is 6.54 Å². The van der Waals surface area contributed by atoms with Crippen molar-refractivity contribution < 1.29 is 32.7 Å². The number of hydrogen-bond acceptors (Lipinski definition) is 4. The molecule has 1 aromatic carbocycles. The van der Waals surface area contributed by atoms with Crippen molar-refractivity contribution in [3.8, 4) is 0 Å². The van der Waals surface area contributed by atoms with E-state index >= 15 is 0 Å². The molecule has 2 aliphatic carbocycles. The van der Waals surface area contributed by atoms with Crippen LogP contribution in [-0.2, 0) is 11.0 Å². The van der Waals surface area contributed by atoms with E-state index in [9.17, 15) is 32.7 Å². The minimum atomic E-state index is -4.89. The van der Waals surface area contributed by atoms with Gasteiger partial charge in [0.15, 0.2) is 11.5 Å². The third-order valence-corrected chi connectivity index (χ3v) is 9.53. The van der Waals surface area contributed by atoms with Crippen molar-refractivity contribution in [1.82, 2.24) is 14.7 Å². The molecule has 11 heteroatoms. The number of carbonyl (C=O) groups is 3. The van der Waals surface area contributed by atoms with Gasteiger partial charge in [0.25, 0.3) is 5.91 Å². The van der Waals surface area contributed by atoms with Crippen molar-refractivity contribution in [2.24, 2.45) is 10.8 Å². The van der Waals surface area contributed by atoms with E-state index in [0.717, 1.165) is 23.7 Å². The Kier molecular flexibility index (Phi) is 8.89. The second kappa shape index (κ2) is 11.7. The van der Waals surface area contributed by atoms with Crippen molar-refractivity contribution in [3.05, 3.63) is 51.3 Å². The van der Waals surface area contributed by atoms with Crippen LogP contribution in [0, 0.1) is 24.7 Å². The summed E-state index contributed by atoms with van der Waals surface area (Å²) in [5.41, 5.74) is -1.03. The number of carboxylic acids is 1. The number of alkyl halides is 3. The Labute approximate surface area is 249 Å². The largest absolute Gasteiger partial charge is 0.481 e. The number of ketones is 1. The van der Waals surface area contributed by atoms with Crippen LogP contribution in [0.5, 0.6) is 0 Å². The summed E-state index contributed by atoms with van der Waals surface area (Å²) >= 11 is 6.15. The van der Waals surface area contributed by atoms with Crippen LogP contribution in [0.15, 0.2) is 18.3 Å². The average molecular weight is 610 g/mol. The number of carboxylic acid groups (broad SMARTS) is 1. The van der Waals surface area contributed by atoms with E-state index in [0.29, 0.717) is 34.6 Å². The fourth-order valence-corrected chi connectivity index (χ4v) is 6.91. The molecule has 2 saturated carbocycles. The molecule has 0 radical (unpaired) electrons. The van der Waals surface area contributed by atoms with Crippen molar-refractivity contribution >= 4 is 29.3 Å². The summed E-state index contributed by atoms with van der Waals surface area (Å²) in [4.78, 5) is 40.7. The van der Waals surface area contributed by atoms with Crippen LogP contribution < -0.4 is 0 Å². The second-order valence-electron chi connectivity index (χ2n) is 13.1. The maximum absolute atomic E-state index is 14.6. The molecule has 230 valence electrons. The lowest BCUT2D eigenvalue weighted by Gasteiger charge is -2.40. The first kappa shape index (κ1) is 32.0. The predicted molar refractivity (Wildman–Crippen MR) is 153 cm³/mol. The van der Waals surface area contributed by atoms with Gasteiger partial charge in [-0.1, -0.05) is 25.4 Å². The number of carbonyl (C=O) groups excluding carboxylic acids is 2. The van der Waals surface area contributed by atoms with Gasteiger partial charge in [0.05, 0.1) is 29.8 Å². The molecule has 0 aliphatic heterocycles. The molecule has 1 amide bonds. The molecule has 0 unspecified atom stereocenters. The third-order valence-electron chi connectivity index (χ3n) is 9.32. The molecule has 0 saturated heterocycles. The first-order valence-corrected chi connectivity index (χ1v) is 14.8. The zero-order valence-electron chi connectivity index (χ0n) is 24.8. The van der Waals surface area contributed by atoms with Gasteiger partial charge in [0, 0.05) is 16.6 Å². The Balaban J connectivity index is 1.70. The quantitative estimate of drug-likeness (QED) is 0.325. The van der Waals surface area contributed by atoms with Crippen LogP contribution in [0.2, 0.25) is 5.02 Å². The molecular weight excluding hydrogens is 571 g/mol. The van der Waals surface area contributed by atoms with Gasteiger partial charge in [0.1, 0.15) is 0 Å². The van der Waals surface area contributed by atoms with Gasteiger partial charge in [0.2, 0.25) is 0 Å². The van der Waals surface area contributed by atoms with E-state index in [4.69, 9.17) is 11.6 Å². The highest BCUT2D eigenvalue weighted by Crippen LogP contribution is 2.44. The lowest BCUT2D eigenvalue weighted by Crippen LogP contribution is -2.46. The molecule has 2 fully saturated rings. The van der Waals surface area contributed by atoms with Gasteiger partial charge in [-0.3, -0.25) is 19.1 Å². The van der Waals surface area contributed by atoms with Gasteiger partial charge in [-0.15, -0.1) is 0 Å². The smallest absolute Gasteiger partial charge is 0.433 e. The van der Waals surface area contributed by atoms with Crippen molar-refractivity contribution in [3.63, 3.8) is 0 Å². The topological polar surface area (TPSA) is 92.5 Å². The molecule has 1 heterocycles. The number of halogens is 4. The van der Waals surface area contributed by atoms with Crippen molar-refractivity contribution in [1.29, 1.82) is 0 Å². The number of Topliss-reactive ketones (excluding diaryl/α,β-unsaturated/α-hetero) is 1. The number of aliphatic carboxylic acids is 1.